The van der Waals surface area contributed by atoms with Gasteiger partial charge in [-0.3, -0.25) is 9.88 Å². The van der Waals surface area contributed by atoms with Crippen LogP contribution in [0.15, 0.2) is 18.2 Å². The summed E-state index contributed by atoms with van der Waals surface area (Å²) in [6.45, 7) is 9.97. The molecule has 20 heavy (non-hydrogen) atoms. The van der Waals surface area contributed by atoms with Gasteiger partial charge in [-0.15, -0.1) is 0 Å². The monoisotopic (exact) mass is 276 g/mol. The van der Waals surface area contributed by atoms with Crippen LogP contribution in [0.2, 0.25) is 0 Å². The molecule has 0 atom stereocenters. The Balaban J connectivity index is 1.94. The van der Waals surface area contributed by atoms with Gasteiger partial charge in [0.15, 0.2) is 0 Å². The highest BCUT2D eigenvalue weighted by atomic mass is 16.3. The van der Waals surface area contributed by atoms with Gasteiger partial charge in [0.1, 0.15) is 0 Å². The Labute approximate surface area is 123 Å². The molecule has 1 N–H and O–H groups in total. The highest BCUT2D eigenvalue weighted by Crippen LogP contribution is 2.34. The van der Waals surface area contributed by atoms with Crippen molar-refractivity contribution >= 4 is 0 Å². The van der Waals surface area contributed by atoms with E-state index in [2.05, 4.69) is 43.9 Å². The zero-order valence-corrected chi connectivity index (χ0v) is 13.1. The summed E-state index contributed by atoms with van der Waals surface area (Å²) in [5.74, 6) is 0.485. The highest BCUT2D eigenvalue weighted by Gasteiger charge is 2.32. The third-order valence-corrected chi connectivity index (χ3v) is 4.81. The van der Waals surface area contributed by atoms with Gasteiger partial charge in [0.25, 0.3) is 0 Å². The summed E-state index contributed by atoms with van der Waals surface area (Å²) in [4.78, 5) is 7.22. The van der Waals surface area contributed by atoms with E-state index in [0.717, 1.165) is 38.9 Å². The molecule has 1 aromatic rings. The lowest BCUT2D eigenvalue weighted by Gasteiger charge is -2.40. The Bertz CT molecular complexity index is 417. The molecule has 0 aromatic carbocycles. The predicted octanol–water partition coefficient (Wildman–Crippen LogP) is 3.19. The van der Waals surface area contributed by atoms with Crippen molar-refractivity contribution in [3.63, 3.8) is 0 Å². The summed E-state index contributed by atoms with van der Waals surface area (Å²) in [5.41, 5.74) is 2.52. The second-order valence-electron chi connectivity index (χ2n) is 6.50. The van der Waals surface area contributed by atoms with Crippen LogP contribution in [0.1, 0.15) is 57.3 Å². The van der Waals surface area contributed by atoms with Crippen molar-refractivity contribution in [1.82, 2.24) is 9.88 Å². The first kappa shape index (κ1) is 15.5. The molecule has 1 saturated heterocycles. The normalized spacial score (nSPS) is 19.4. The summed E-state index contributed by atoms with van der Waals surface area (Å²) in [7, 11) is 0. The number of likely N-dealkylation sites (tertiary alicyclic amines) is 1. The lowest BCUT2D eigenvalue weighted by Crippen LogP contribution is -2.41. The van der Waals surface area contributed by atoms with E-state index in [0.29, 0.717) is 12.5 Å². The first-order valence-corrected chi connectivity index (χ1v) is 7.87. The summed E-state index contributed by atoms with van der Waals surface area (Å²) in [5, 5.41) is 9.58. The van der Waals surface area contributed by atoms with Crippen molar-refractivity contribution in [3.05, 3.63) is 29.6 Å². The Hall–Kier alpha value is -0.930. The number of rotatable bonds is 5. The quantitative estimate of drug-likeness (QED) is 0.897. The molecule has 0 spiro atoms. The second-order valence-corrected chi connectivity index (χ2v) is 6.50. The molecule has 2 heterocycles. The number of aliphatic hydroxyl groups is 1. The molecule has 0 radical (unpaired) electrons. The SMILES string of the molecule is CCC1(CO)CCN(Cc2cccc(C(C)C)n2)CC1. The average Bonchev–Trinajstić information content (AvgIpc) is 2.49. The van der Waals surface area contributed by atoms with E-state index in [4.69, 9.17) is 4.98 Å². The van der Waals surface area contributed by atoms with E-state index in [1.807, 2.05) is 0 Å². The molecule has 1 aliphatic rings. The smallest absolute Gasteiger partial charge is 0.0547 e. The lowest BCUT2D eigenvalue weighted by atomic mass is 9.77. The maximum Gasteiger partial charge on any atom is 0.0547 e. The van der Waals surface area contributed by atoms with Crippen LogP contribution in [0.5, 0.6) is 0 Å². The van der Waals surface area contributed by atoms with Crippen LogP contribution >= 0.6 is 0 Å². The van der Waals surface area contributed by atoms with Crippen molar-refractivity contribution in [1.29, 1.82) is 0 Å². The molecule has 0 saturated carbocycles. The maximum absolute atomic E-state index is 9.58. The van der Waals surface area contributed by atoms with Gasteiger partial charge in [-0.1, -0.05) is 26.8 Å². The minimum absolute atomic E-state index is 0.170. The first-order valence-electron chi connectivity index (χ1n) is 7.87. The second kappa shape index (κ2) is 6.68. The molecule has 0 unspecified atom stereocenters. The fraction of sp³-hybridized carbons (Fsp3) is 0.706. The Kier molecular flexibility index (Phi) is 5.17. The number of piperidine rings is 1. The van der Waals surface area contributed by atoms with Crippen molar-refractivity contribution in [2.24, 2.45) is 5.41 Å². The average molecular weight is 276 g/mol. The summed E-state index contributed by atoms with van der Waals surface area (Å²) in [6, 6.07) is 6.35. The molecule has 1 fully saturated rings. The van der Waals surface area contributed by atoms with E-state index in [1.54, 1.807) is 0 Å². The summed E-state index contributed by atoms with van der Waals surface area (Å²) in [6.07, 6.45) is 3.28. The summed E-state index contributed by atoms with van der Waals surface area (Å²) >= 11 is 0. The van der Waals surface area contributed by atoms with Crippen LogP contribution in [0, 0.1) is 5.41 Å². The standard InChI is InChI=1S/C17H28N2O/c1-4-17(13-20)8-10-19(11-9-17)12-15-6-5-7-16(18-15)14(2)3/h5-7,14,20H,4,8-13H2,1-3H3. The number of hydrogen-bond donors (Lipinski definition) is 1. The number of hydrogen-bond acceptors (Lipinski definition) is 3. The fourth-order valence-electron chi connectivity index (χ4n) is 2.95. The summed E-state index contributed by atoms with van der Waals surface area (Å²) < 4.78 is 0. The van der Waals surface area contributed by atoms with Crippen LogP contribution in [0.4, 0.5) is 0 Å². The molecular weight excluding hydrogens is 248 g/mol. The van der Waals surface area contributed by atoms with Gasteiger partial charge in [0.05, 0.1) is 5.69 Å². The van der Waals surface area contributed by atoms with E-state index >= 15 is 0 Å². The maximum atomic E-state index is 9.58. The van der Waals surface area contributed by atoms with Gasteiger partial charge in [-0.05, 0) is 55.8 Å². The van der Waals surface area contributed by atoms with E-state index < -0.39 is 0 Å². The Morgan fingerprint density at radius 2 is 2.00 bits per heavy atom. The van der Waals surface area contributed by atoms with E-state index in [-0.39, 0.29) is 5.41 Å². The number of pyridine rings is 1. The van der Waals surface area contributed by atoms with Crippen LogP contribution in [0.25, 0.3) is 0 Å². The van der Waals surface area contributed by atoms with Gasteiger partial charge >= 0.3 is 0 Å². The molecule has 0 amide bonds. The zero-order chi connectivity index (χ0) is 14.6. The van der Waals surface area contributed by atoms with Crippen LogP contribution < -0.4 is 0 Å². The third kappa shape index (κ3) is 3.58. The molecule has 1 aromatic heterocycles. The number of aromatic nitrogens is 1. The van der Waals surface area contributed by atoms with Gasteiger partial charge in [-0.25, -0.2) is 0 Å². The van der Waals surface area contributed by atoms with Crippen molar-refractivity contribution in [2.45, 2.75) is 52.5 Å². The fourth-order valence-corrected chi connectivity index (χ4v) is 2.95. The molecule has 3 heteroatoms. The minimum Gasteiger partial charge on any atom is -0.396 e. The molecule has 112 valence electrons. The minimum atomic E-state index is 0.170. The largest absolute Gasteiger partial charge is 0.396 e. The van der Waals surface area contributed by atoms with E-state index in [9.17, 15) is 5.11 Å². The van der Waals surface area contributed by atoms with Crippen molar-refractivity contribution in [2.75, 3.05) is 19.7 Å². The topological polar surface area (TPSA) is 36.4 Å². The van der Waals surface area contributed by atoms with Crippen LogP contribution in [-0.4, -0.2) is 34.7 Å². The molecular formula is C17H28N2O. The van der Waals surface area contributed by atoms with Crippen LogP contribution in [0.3, 0.4) is 0 Å². The van der Waals surface area contributed by atoms with Gasteiger partial charge < -0.3 is 5.11 Å². The molecule has 0 aliphatic carbocycles. The first-order chi connectivity index (χ1) is 9.58. The van der Waals surface area contributed by atoms with Gasteiger partial charge in [0, 0.05) is 18.8 Å². The third-order valence-electron chi connectivity index (χ3n) is 4.81. The molecule has 1 aliphatic heterocycles. The van der Waals surface area contributed by atoms with Gasteiger partial charge in [0.2, 0.25) is 0 Å². The highest BCUT2D eigenvalue weighted by molar-refractivity contribution is 5.14. The van der Waals surface area contributed by atoms with Crippen molar-refractivity contribution in [3.8, 4) is 0 Å². The van der Waals surface area contributed by atoms with Crippen LogP contribution in [-0.2, 0) is 6.54 Å². The molecule has 0 bridgehead atoms. The molecule has 3 nitrogen and oxygen atoms in total. The van der Waals surface area contributed by atoms with E-state index in [1.165, 1.54) is 11.4 Å². The number of aliphatic hydroxyl groups excluding tert-OH is 1. The van der Waals surface area contributed by atoms with Gasteiger partial charge in [-0.2, -0.15) is 0 Å². The number of nitrogens with zero attached hydrogens (tertiary/aromatic N) is 2. The zero-order valence-electron chi connectivity index (χ0n) is 13.1. The van der Waals surface area contributed by atoms with Crippen molar-refractivity contribution < 1.29 is 5.11 Å². The lowest BCUT2D eigenvalue weighted by molar-refractivity contribution is 0.0378. The Morgan fingerprint density at radius 1 is 1.30 bits per heavy atom. The Morgan fingerprint density at radius 3 is 2.55 bits per heavy atom. The molecule has 2 rings (SSSR count). The predicted molar refractivity (Wildman–Crippen MR) is 82.6 cm³/mol.